The molecule has 0 bridgehead atoms. The fourth-order valence-electron chi connectivity index (χ4n) is 2.66. The van der Waals surface area contributed by atoms with E-state index in [4.69, 9.17) is 0 Å². The second-order valence-corrected chi connectivity index (χ2v) is 4.57. The smallest absolute Gasteiger partial charge is 0.307 e. The molecule has 86 valence electrons. The number of aromatic nitrogens is 1. The lowest BCUT2D eigenvalue weighted by molar-refractivity contribution is -0.143. The Labute approximate surface area is 95.5 Å². The fraction of sp³-hybridized carbons (Fsp3) is 0.538. The Morgan fingerprint density at radius 1 is 1.44 bits per heavy atom. The van der Waals surface area contributed by atoms with E-state index in [1.165, 1.54) is 0 Å². The van der Waals surface area contributed by atoms with Crippen molar-refractivity contribution in [3.8, 4) is 0 Å². The Bertz CT molecular complexity index is 389. The number of pyridine rings is 1. The SMILES string of the molecule is Cc1ccncc1C1CCCCC1C(=O)O. The van der Waals surface area contributed by atoms with Gasteiger partial charge in [-0.25, -0.2) is 0 Å². The van der Waals surface area contributed by atoms with Gasteiger partial charge in [0.2, 0.25) is 0 Å². The first kappa shape index (κ1) is 11.1. The molecule has 1 aromatic rings. The van der Waals surface area contributed by atoms with Crippen LogP contribution in [0.2, 0.25) is 0 Å². The lowest BCUT2D eigenvalue weighted by Gasteiger charge is -2.29. The van der Waals surface area contributed by atoms with Crippen LogP contribution in [0, 0.1) is 12.8 Å². The van der Waals surface area contributed by atoms with Crippen LogP contribution in [0.5, 0.6) is 0 Å². The number of carboxylic acid groups (broad SMARTS) is 1. The molecule has 0 radical (unpaired) electrons. The number of hydrogen-bond donors (Lipinski definition) is 1. The van der Waals surface area contributed by atoms with Crippen LogP contribution in [-0.2, 0) is 4.79 Å². The summed E-state index contributed by atoms with van der Waals surface area (Å²) < 4.78 is 0. The van der Waals surface area contributed by atoms with E-state index in [9.17, 15) is 9.90 Å². The van der Waals surface area contributed by atoms with Crippen LogP contribution in [0.3, 0.4) is 0 Å². The van der Waals surface area contributed by atoms with Crippen molar-refractivity contribution in [3.05, 3.63) is 29.6 Å². The predicted octanol–water partition coefficient (Wildman–Crippen LogP) is 2.75. The quantitative estimate of drug-likeness (QED) is 0.832. The number of carbonyl (C=O) groups is 1. The standard InChI is InChI=1S/C13H17NO2/c1-9-6-7-14-8-12(9)10-4-2-3-5-11(10)13(15)16/h6-8,10-11H,2-5H2,1H3,(H,15,16). The molecule has 0 aliphatic heterocycles. The topological polar surface area (TPSA) is 50.2 Å². The van der Waals surface area contributed by atoms with Crippen molar-refractivity contribution in [2.45, 2.75) is 38.5 Å². The minimum Gasteiger partial charge on any atom is -0.481 e. The summed E-state index contributed by atoms with van der Waals surface area (Å²) in [5.74, 6) is -0.732. The number of rotatable bonds is 2. The number of aliphatic carboxylic acids is 1. The molecule has 0 saturated heterocycles. The molecule has 1 saturated carbocycles. The largest absolute Gasteiger partial charge is 0.481 e. The average Bonchev–Trinajstić information content (AvgIpc) is 2.29. The van der Waals surface area contributed by atoms with Crippen LogP contribution < -0.4 is 0 Å². The average molecular weight is 219 g/mol. The predicted molar refractivity (Wildman–Crippen MR) is 61.3 cm³/mol. The van der Waals surface area contributed by atoms with Gasteiger partial charge in [-0.3, -0.25) is 9.78 Å². The first-order valence-electron chi connectivity index (χ1n) is 5.83. The van der Waals surface area contributed by atoms with Crippen molar-refractivity contribution in [1.82, 2.24) is 4.98 Å². The highest BCUT2D eigenvalue weighted by Crippen LogP contribution is 2.38. The van der Waals surface area contributed by atoms with Crippen molar-refractivity contribution in [2.24, 2.45) is 5.92 Å². The third-order valence-electron chi connectivity index (χ3n) is 3.56. The summed E-state index contributed by atoms with van der Waals surface area (Å²) in [6, 6.07) is 1.96. The Balaban J connectivity index is 2.30. The van der Waals surface area contributed by atoms with Gasteiger partial charge in [0.1, 0.15) is 0 Å². The summed E-state index contributed by atoms with van der Waals surface area (Å²) in [4.78, 5) is 15.4. The molecule has 1 aliphatic carbocycles. The lowest BCUT2D eigenvalue weighted by Crippen LogP contribution is -2.26. The van der Waals surface area contributed by atoms with Crippen LogP contribution in [0.25, 0.3) is 0 Å². The molecule has 2 unspecified atom stereocenters. The van der Waals surface area contributed by atoms with Crippen LogP contribution in [0.4, 0.5) is 0 Å². The number of aryl methyl sites for hydroxylation is 1. The number of carboxylic acids is 1. The first-order valence-corrected chi connectivity index (χ1v) is 5.83. The van der Waals surface area contributed by atoms with Gasteiger partial charge in [0.15, 0.2) is 0 Å². The molecule has 1 aromatic heterocycles. The Morgan fingerprint density at radius 2 is 2.19 bits per heavy atom. The molecular weight excluding hydrogens is 202 g/mol. The first-order chi connectivity index (χ1) is 7.70. The van der Waals surface area contributed by atoms with E-state index in [2.05, 4.69) is 4.98 Å². The van der Waals surface area contributed by atoms with Gasteiger partial charge in [0.25, 0.3) is 0 Å². The minimum absolute atomic E-state index is 0.153. The van der Waals surface area contributed by atoms with Crippen molar-refractivity contribution in [1.29, 1.82) is 0 Å². The summed E-state index contributed by atoms with van der Waals surface area (Å²) in [5.41, 5.74) is 2.28. The normalized spacial score (nSPS) is 25.3. The lowest BCUT2D eigenvalue weighted by atomic mass is 9.75. The van der Waals surface area contributed by atoms with Gasteiger partial charge in [-0.05, 0) is 42.9 Å². The molecule has 0 spiro atoms. The molecule has 3 nitrogen and oxygen atoms in total. The van der Waals surface area contributed by atoms with Gasteiger partial charge in [-0.1, -0.05) is 12.8 Å². The van der Waals surface area contributed by atoms with E-state index in [1.54, 1.807) is 6.20 Å². The summed E-state index contributed by atoms with van der Waals surface area (Å²) in [6.07, 6.45) is 7.53. The van der Waals surface area contributed by atoms with Gasteiger partial charge >= 0.3 is 5.97 Å². The zero-order valence-corrected chi connectivity index (χ0v) is 9.52. The maximum atomic E-state index is 11.2. The molecule has 1 fully saturated rings. The van der Waals surface area contributed by atoms with Crippen LogP contribution in [0.1, 0.15) is 42.7 Å². The molecule has 2 atom stereocenters. The second kappa shape index (κ2) is 4.64. The van der Waals surface area contributed by atoms with Crippen LogP contribution >= 0.6 is 0 Å². The summed E-state index contributed by atoms with van der Waals surface area (Å²) in [5, 5.41) is 9.24. The maximum Gasteiger partial charge on any atom is 0.307 e. The maximum absolute atomic E-state index is 11.2. The highest BCUT2D eigenvalue weighted by atomic mass is 16.4. The number of hydrogen-bond acceptors (Lipinski definition) is 2. The van der Waals surface area contributed by atoms with Gasteiger partial charge in [-0.15, -0.1) is 0 Å². The van der Waals surface area contributed by atoms with Gasteiger partial charge in [0.05, 0.1) is 5.92 Å². The molecule has 1 aliphatic rings. The minimum atomic E-state index is -0.659. The third kappa shape index (κ3) is 2.08. The zero-order valence-electron chi connectivity index (χ0n) is 9.52. The van der Waals surface area contributed by atoms with Crippen molar-refractivity contribution < 1.29 is 9.90 Å². The van der Waals surface area contributed by atoms with E-state index >= 15 is 0 Å². The van der Waals surface area contributed by atoms with Gasteiger partial charge in [0, 0.05) is 12.4 Å². The van der Waals surface area contributed by atoms with E-state index < -0.39 is 5.97 Å². The van der Waals surface area contributed by atoms with Crippen molar-refractivity contribution >= 4 is 5.97 Å². The highest BCUT2D eigenvalue weighted by Gasteiger charge is 2.32. The van der Waals surface area contributed by atoms with Crippen LogP contribution in [0.15, 0.2) is 18.5 Å². The Morgan fingerprint density at radius 3 is 2.88 bits per heavy atom. The van der Waals surface area contributed by atoms with E-state index in [1.807, 2.05) is 19.2 Å². The van der Waals surface area contributed by atoms with Gasteiger partial charge in [-0.2, -0.15) is 0 Å². The van der Waals surface area contributed by atoms with E-state index in [-0.39, 0.29) is 11.8 Å². The third-order valence-corrected chi connectivity index (χ3v) is 3.56. The van der Waals surface area contributed by atoms with E-state index in [0.717, 1.165) is 36.8 Å². The van der Waals surface area contributed by atoms with E-state index in [0.29, 0.717) is 0 Å². The van der Waals surface area contributed by atoms with Crippen LogP contribution in [-0.4, -0.2) is 16.1 Å². The number of nitrogens with zero attached hydrogens (tertiary/aromatic N) is 1. The Hall–Kier alpha value is -1.38. The summed E-state index contributed by atoms with van der Waals surface area (Å²) in [7, 11) is 0. The van der Waals surface area contributed by atoms with Crippen molar-refractivity contribution in [3.63, 3.8) is 0 Å². The second-order valence-electron chi connectivity index (χ2n) is 4.57. The highest BCUT2D eigenvalue weighted by molar-refractivity contribution is 5.71. The molecule has 3 heteroatoms. The molecule has 1 heterocycles. The monoisotopic (exact) mass is 219 g/mol. The summed E-state index contributed by atoms with van der Waals surface area (Å²) >= 11 is 0. The molecule has 16 heavy (non-hydrogen) atoms. The van der Waals surface area contributed by atoms with Gasteiger partial charge < -0.3 is 5.11 Å². The molecule has 2 rings (SSSR count). The molecular formula is C13H17NO2. The summed E-state index contributed by atoms with van der Waals surface area (Å²) in [6.45, 7) is 2.03. The zero-order chi connectivity index (χ0) is 11.5. The molecule has 1 N–H and O–H groups in total. The fourth-order valence-corrected chi connectivity index (χ4v) is 2.66. The van der Waals surface area contributed by atoms with Crippen molar-refractivity contribution in [2.75, 3.05) is 0 Å². The molecule has 0 amide bonds. The Kier molecular flexibility index (Phi) is 3.22. The molecule has 0 aromatic carbocycles.